The van der Waals surface area contributed by atoms with E-state index in [1.807, 2.05) is 37.3 Å². The normalized spacial score (nSPS) is 29.1. The number of nitrogen functional groups attached to an aromatic ring is 1. The summed E-state index contributed by atoms with van der Waals surface area (Å²) in [7, 11) is 0. The number of para-hydroxylation sites is 4. The minimum absolute atomic E-state index is 0.0254. The van der Waals surface area contributed by atoms with E-state index in [4.69, 9.17) is 25.4 Å². The number of nitrogens with two attached hydrogens (primary N) is 1. The van der Waals surface area contributed by atoms with Gasteiger partial charge in [0.15, 0.2) is 0 Å². The maximum Gasteiger partial charge on any atom is 0.374 e. The third-order valence-electron chi connectivity index (χ3n) is 19.3. The summed E-state index contributed by atoms with van der Waals surface area (Å²) in [5, 5.41) is 11.2. The number of fused-ring (bicyclic) bond motifs is 9. The second-order valence-corrected chi connectivity index (χ2v) is 25.1. The van der Waals surface area contributed by atoms with Gasteiger partial charge in [-0.3, -0.25) is 33.8 Å². The van der Waals surface area contributed by atoms with Gasteiger partial charge >= 0.3 is 17.9 Å². The fraction of sp³-hybridized carbons (Fsp3) is 0.712. The highest BCUT2D eigenvalue weighted by molar-refractivity contribution is 6.33. The number of anilines is 2. The molecule has 0 radical (unpaired) electrons. The summed E-state index contributed by atoms with van der Waals surface area (Å²) in [5.74, 6) is 1.15. The fourth-order valence-electron chi connectivity index (χ4n) is 16.4. The lowest BCUT2D eigenvalue weighted by Crippen LogP contribution is -2.60. The van der Waals surface area contributed by atoms with Gasteiger partial charge in [-0.05, 0) is 178 Å². The molecule has 4 saturated heterocycles. The molecule has 4 saturated carbocycles. The molecular formula is C66H98N6O10. The average molecular weight is 1140 g/mol. The number of esters is 3. The quantitative estimate of drug-likeness (QED) is 0.0496. The summed E-state index contributed by atoms with van der Waals surface area (Å²) in [4.78, 5) is 78.3. The van der Waals surface area contributed by atoms with Crippen LogP contribution in [0.1, 0.15) is 213 Å². The molecule has 4 N–H and O–H groups in total. The third kappa shape index (κ3) is 17.2. The van der Waals surface area contributed by atoms with Crippen molar-refractivity contribution in [2.75, 3.05) is 30.9 Å². The number of carboxylic acids is 1. The van der Waals surface area contributed by atoms with E-state index in [1.54, 1.807) is 13.8 Å². The number of ether oxygens (including phenoxy) is 3. The van der Waals surface area contributed by atoms with Crippen LogP contribution in [0.4, 0.5) is 11.4 Å². The molecule has 5 heterocycles. The molecule has 4 aliphatic carbocycles. The Labute approximate surface area is 487 Å². The highest BCUT2D eigenvalue weighted by atomic mass is 16.5. The number of aromatic nitrogens is 2. The van der Waals surface area contributed by atoms with Gasteiger partial charge in [-0.25, -0.2) is 9.78 Å². The highest BCUT2D eigenvalue weighted by Crippen LogP contribution is 2.49. The van der Waals surface area contributed by atoms with Crippen LogP contribution in [0.25, 0.3) is 11.0 Å². The second-order valence-electron chi connectivity index (χ2n) is 25.1. The topological polar surface area (TPSA) is 213 Å². The van der Waals surface area contributed by atoms with Gasteiger partial charge in [0.2, 0.25) is 5.78 Å². The number of Topliss-reactive ketones (excluding diaryl/α,β-unsaturated/α-hetero) is 1. The molecule has 2 aromatic carbocycles. The first-order chi connectivity index (χ1) is 39.7. The number of aliphatic carboxylic acids is 1. The van der Waals surface area contributed by atoms with Gasteiger partial charge < -0.3 is 34.9 Å². The van der Waals surface area contributed by atoms with Crippen molar-refractivity contribution in [3.05, 3.63) is 64.6 Å². The predicted molar refractivity (Wildman–Crippen MR) is 320 cm³/mol. The number of rotatable bonds is 17. The van der Waals surface area contributed by atoms with E-state index in [0.29, 0.717) is 62.7 Å². The Balaban J connectivity index is 0.000000170. The Morgan fingerprint density at radius 3 is 1.55 bits per heavy atom. The van der Waals surface area contributed by atoms with Gasteiger partial charge in [-0.1, -0.05) is 75.6 Å². The molecule has 8 aliphatic rings. The van der Waals surface area contributed by atoms with Crippen molar-refractivity contribution < 1.29 is 43.3 Å². The highest BCUT2D eigenvalue weighted by Gasteiger charge is 2.47. The molecule has 82 heavy (non-hydrogen) atoms. The number of carbonyl (C=O) groups excluding carboxylic acids is 4. The zero-order chi connectivity index (χ0) is 58.1. The zero-order valence-corrected chi connectivity index (χ0v) is 50.0. The Hall–Kier alpha value is -5.35. The maximum atomic E-state index is 13.9. The number of nitrogens with zero attached hydrogens (tertiary/aromatic N) is 4. The minimum atomic E-state index is -0.833. The first-order valence-corrected chi connectivity index (χ1v) is 32.1. The van der Waals surface area contributed by atoms with E-state index in [0.717, 1.165) is 90.0 Å². The fourth-order valence-corrected chi connectivity index (χ4v) is 16.4. The molecule has 16 nitrogen and oxygen atoms in total. The standard InChI is InChI=1S/C31H43N3O3.C23H35N3.C10H16O5.C2H4O2/c1-2-37-30(35)15-7-13-28-31(36)34(29-14-4-3-12-27(29)32-28)26-19-23-10-6-11-24(20-26)33(23)25-17-21-8-5-9-22(16-21)18-25;24-22-9-1-2-10-23(22)25-18-14-19-7-4-8-20(15-18)26(19)21-12-16-5-3-6-17(11-16)13-21;1-3-14-9(12)7-5-6-8(11)10(13)15-4-2;1-2(3)4/h3-4,12,14,21-26H,2,5-11,13,15-20H2,1H3;1-2,9-10,16-21,25H,3-8,11-15,24H2;3-7H2,1-2H3;1H3,(H,3,4)/t21?,22?,23-,24+,25?,26?;16?,17?,18?,19-,20+,21?;;. The minimum Gasteiger partial charge on any atom is -0.481 e. The van der Waals surface area contributed by atoms with Crippen molar-refractivity contribution >= 4 is 52.1 Å². The summed E-state index contributed by atoms with van der Waals surface area (Å²) < 4.78 is 16.3. The molecule has 8 bridgehead atoms. The van der Waals surface area contributed by atoms with E-state index in [1.165, 1.54) is 128 Å². The SMILES string of the molecule is CC(=O)O.CCOC(=O)CCCC(=O)C(=O)OCC.CCOC(=O)CCCc1nc2ccccc2n(C2C[C@H]3CCC[C@@H](C2)N3C2CC3CCCC(C3)C2)c1=O.Nc1ccccc1NC1C[C@H]2CCC[C@@H](C1)N2C1CC2CCCC(C2)C1. The number of carbonyl (C=O) groups is 5. The van der Waals surface area contributed by atoms with Gasteiger partial charge in [0.05, 0.1) is 42.2 Å². The van der Waals surface area contributed by atoms with Crippen LogP contribution in [0, 0.1) is 23.7 Å². The monoisotopic (exact) mass is 1130 g/mol. The second kappa shape index (κ2) is 31.0. The van der Waals surface area contributed by atoms with Crippen molar-refractivity contribution in [1.29, 1.82) is 0 Å². The molecular weight excluding hydrogens is 1040 g/mol. The Morgan fingerprint density at radius 2 is 1.04 bits per heavy atom. The lowest BCUT2D eigenvalue weighted by atomic mass is 9.68. The van der Waals surface area contributed by atoms with Crippen molar-refractivity contribution in [1.82, 2.24) is 19.4 Å². The maximum absolute atomic E-state index is 13.9. The predicted octanol–water partition coefficient (Wildman–Crippen LogP) is 11.8. The first kappa shape index (κ1) is 62.7. The van der Waals surface area contributed by atoms with Crippen LogP contribution in [0.5, 0.6) is 0 Å². The number of aryl methyl sites for hydroxylation is 1. The van der Waals surface area contributed by atoms with Crippen molar-refractivity contribution in [3.63, 3.8) is 0 Å². The summed E-state index contributed by atoms with van der Waals surface area (Å²) in [5.41, 5.74) is 10.7. The molecule has 452 valence electrons. The number of benzene rings is 2. The molecule has 6 unspecified atom stereocenters. The van der Waals surface area contributed by atoms with Crippen LogP contribution in [-0.4, -0.2) is 116 Å². The van der Waals surface area contributed by atoms with Gasteiger partial charge in [-0.15, -0.1) is 0 Å². The van der Waals surface area contributed by atoms with Crippen molar-refractivity contribution in [2.24, 2.45) is 23.7 Å². The molecule has 16 heteroatoms. The Morgan fingerprint density at radius 1 is 0.573 bits per heavy atom. The molecule has 8 fully saturated rings. The lowest BCUT2D eigenvalue weighted by Gasteiger charge is -2.55. The Kier molecular flexibility index (Phi) is 23.7. The molecule has 0 spiro atoms. The van der Waals surface area contributed by atoms with E-state index < -0.39 is 17.7 Å². The molecule has 10 atom stereocenters. The van der Waals surface area contributed by atoms with Gasteiger partial charge in [0, 0.05) is 74.5 Å². The van der Waals surface area contributed by atoms with Crippen LogP contribution >= 0.6 is 0 Å². The largest absolute Gasteiger partial charge is 0.481 e. The summed E-state index contributed by atoms with van der Waals surface area (Å²) in [6, 6.07) is 21.6. The van der Waals surface area contributed by atoms with Gasteiger partial charge in [0.25, 0.3) is 11.5 Å². The van der Waals surface area contributed by atoms with Crippen molar-refractivity contribution in [2.45, 2.75) is 256 Å². The number of nitrogens with one attached hydrogen (secondary N) is 1. The van der Waals surface area contributed by atoms with Crippen LogP contribution in [0.3, 0.4) is 0 Å². The molecule has 3 aromatic rings. The smallest absolute Gasteiger partial charge is 0.374 e. The number of carboxylic acid groups (broad SMARTS) is 1. The third-order valence-corrected chi connectivity index (χ3v) is 19.3. The first-order valence-electron chi connectivity index (χ1n) is 32.1. The summed E-state index contributed by atoms with van der Waals surface area (Å²) in [6.45, 7) is 7.14. The molecule has 1 aromatic heterocycles. The van der Waals surface area contributed by atoms with Crippen LogP contribution < -0.4 is 16.6 Å². The van der Waals surface area contributed by atoms with Crippen LogP contribution in [0.15, 0.2) is 53.3 Å². The number of hydrogen-bond donors (Lipinski definition) is 3. The molecule has 4 aliphatic heterocycles. The van der Waals surface area contributed by atoms with Crippen LogP contribution in [0.2, 0.25) is 0 Å². The van der Waals surface area contributed by atoms with E-state index in [-0.39, 0.29) is 43.0 Å². The average Bonchev–Trinajstić information content (AvgIpc) is 2.48. The lowest BCUT2D eigenvalue weighted by molar-refractivity contribution is -0.153. The van der Waals surface area contributed by atoms with E-state index in [9.17, 15) is 24.0 Å². The summed E-state index contributed by atoms with van der Waals surface area (Å²) in [6.07, 6.45) is 32.4. The molecule has 11 rings (SSSR count). The van der Waals surface area contributed by atoms with Crippen molar-refractivity contribution in [3.8, 4) is 0 Å². The number of hydrogen-bond acceptors (Lipinski definition) is 14. The number of piperidine rings is 4. The number of ketones is 1. The van der Waals surface area contributed by atoms with Gasteiger partial charge in [0.1, 0.15) is 5.69 Å². The van der Waals surface area contributed by atoms with E-state index >= 15 is 0 Å². The van der Waals surface area contributed by atoms with E-state index in [2.05, 4.69) is 47.4 Å². The van der Waals surface area contributed by atoms with Gasteiger partial charge in [-0.2, -0.15) is 0 Å². The molecule has 0 amide bonds. The summed E-state index contributed by atoms with van der Waals surface area (Å²) >= 11 is 0. The van der Waals surface area contributed by atoms with Crippen LogP contribution in [-0.2, 0) is 44.6 Å². The zero-order valence-electron chi connectivity index (χ0n) is 50.0. The Bertz CT molecular complexity index is 2590.